The van der Waals surface area contributed by atoms with Gasteiger partial charge in [0.1, 0.15) is 12.3 Å². The molecule has 232 valence electrons. The lowest BCUT2D eigenvalue weighted by atomic mass is 10.1. The zero-order valence-electron chi connectivity index (χ0n) is 25.6. The van der Waals surface area contributed by atoms with Crippen molar-refractivity contribution in [2.24, 2.45) is 5.10 Å². The van der Waals surface area contributed by atoms with Gasteiger partial charge in [-0.2, -0.15) is 5.10 Å². The zero-order valence-corrected chi connectivity index (χ0v) is 27.2. The van der Waals surface area contributed by atoms with E-state index >= 15 is 0 Å². The van der Waals surface area contributed by atoms with Gasteiger partial charge in [0.05, 0.1) is 38.1 Å². The fourth-order valence-corrected chi connectivity index (χ4v) is 6.60. The number of nitrogens with zero attached hydrogens (tertiary/aromatic N) is 3. The van der Waals surface area contributed by atoms with Crippen molar-refractivity contribution in [1.29, 1.82) is 0 Å². The highest BCUT2D eigenvalue weighted by Crippen LogP contribution is 2.37. The average Bonchev–Trinajstić information content (AvgIpc) is 3.26. The summed E-state index contributed by atoms with van der Waals surface area (Å²) in [6.07, 6.45) is 1.53. The van der Waals surface area contributed by atoms with Crippen LogP contribution in [0.25, 0.3) is 5.69 Å². The van der Waals surface area contributed by atoms with Gasteiger partial charge < -0.3 is 18.8 Å². The molecule has 1 heterocycles. The van der Waals surface area contributed by atoms with E-state index in [1.807, 2.05) is 19.9 Å². The number of aryl methyl sites for hydroxylation is 3. The van der Waals surface area contributed by atoms with E-state index in [4.69, 9.17) is 25.8 Å². The first-order chi connectivity index (χ1) is 20.9. The Kier molecular flexibility index (Phi) is 9.91. The molecule has 4 rings (SSSR count). The molecule has 1 amide bonds. The molecule has 0 unspecified atom stereocenters. The molecule has 0 aliphatic carbocycles. The molecule has 0 bridgehead atoms. The second-order valence-electron chi connectivity index (χ2n) is 10.1. The Labute approximate surface area is 262 Å². The van der Waals surface area contributed by atoms with Gasteiger partial charge in [0, 0.05) is 33.7 Å². The van der Waals surface area contributed by atoms with Crippen LogP contribution < -0.4 is 23.9 Å². The molecule has 0 fully saturated rings. The Morgan fingerprint density at radius 3 is 2.16 bits per heavy atom. The summed E-state index contributed by atoms with van der Waals surface area (Å²) in [5.41, 5.74) is 8.61. The van der Waals surface area contributed by atoms with Crippen molar-refractivity contribution in [3.63, 3.8) is 0 Å². The number of hydrazone groups is 1. The molecule has 0 saturated carbocycles. The minimum Gasteiger partial charge on any atom is -0.495 e. The molecular formula is C32H35ClN4O6S. The summed E-state index contributed by atoms with van der Waals surface area (Å²) in [6, 6.07) is 16.9. The molecule has 44 heavy (non-hydrogen) atoms. The number of carbonyl (C=O) groups is 1. The maximum absolute atomic E-state index is 14.0. The summed E-state index contributed by atoms with van der Waals surface area (Å²) in [5, 5.41) is 4.40. The third-order valence-electron chi connectivity index (χ3n) is 6.97. The second-order valence-corrected chi connectivity index (χ2v) is 12.4. The fraction of sp³-hybridized carbons (Fsp3) is 0.250. The summed E-state index contributed by atoms with van der Waals surface area (Å²) in [6.45, 7) is 7.45. The van der Waals surface area contributed by atoms with Crippen molar-refractivity contribution in [1.82, 2.24) is 9.99 Å². The Balaban J connectivity index is 1.64. The van der Waals surface area contributed by atoms with Crippen LogP contribution in [-0.2, 0) is 14.8 Å². The topological polar surface area (TPSA) is 111 Å². The lowest BCUT2D eigenvalue weighted by Gasteiger charge is -2.25. The first-order valence-corrected chi connectivity index (χ1v) is 15.4. The number of sulfonamides is 1. The third kappa shape index (κ3) is 6.84. The molecule has 1 aromatic heterocycles. The molecule has 0 atom stereocenters. The van der Waals surface area contributed by atoms with Gasteiger partial charge in [0.15, 0.2) is 11.5 Å². The molecule has 12 heteroatoms. The van der Waals surface area contributed by atoms with Crippen LogP contribution in [0.4, 0.5) is 5.69 Å². The van der Waals surface area contributed by atoms with E-state index in [0.717, 1.165) is 38.1 Å². The maximum atomic E-state index is 14.0. The van der Waals surface area contributed by atoms with Crippen LogP contribution in [0, 0.1) is 27.7 Å². The summed E-state index contributed by atoms with van der Waals surface area (Å²) >= 11 is 6.24. The number of carbonyl (C=O) groups excluding carboxylic acids is 1. The Morgan fingerprint density at radius 1 is 0.886 bits per heavy atom. The number of methoxy groups -OCH3 is 3. The largest absolute Gasteiger partial charge is 0.495 e. The minimum atomic E-state index is -4.34. The number of nitrogens with one attached hydrogen (secondary N) is 1. The van der Waals surface area contributed by atoms with E-state index in [1.54, 1.807) is 6.07 Å². The fourth-order valence-electron chi connectivity index (χ4n) is 5.00. The smallest absolute Gasteiger partial charge is 0.265 e. The number of rotatable bonds is 11. The minimum absolute atomic E-state index is 0.0749. The van der Waals surface area contributed by atoms with Crippen molar-refractivity contribution in [3.8, 4) is 22.9 Å². The van der Waals surface area contributed by atoms with Gasteiger partial charge in [-0.15, -0.1) is 0 Å². The van der Waals surface area contributed by atoms with Crippen molar-refractivity contribution in [2.75, 3.05) is 32.2 Å². The molecule has 1 N–H and O–H groups in total. The molecule has 4 aromatic rings. The molecule has 10 nitrogen and oxygen atoms in total. The highest BCUT2D eigenvalue weighted by Gasteiger charge is 2.30. The Hall–Kier alpha value is -4.48. The molecule has 0 aliphatic rings. The lowest BCUT2D eigenvalue weighted by Crippen LogP contribution is -2.39. The molecular weight excluding hydrogens is 604 g/mol. The zero-order chi connectivity index (χ0) is 32.2. The molecule has 0 saturated heterocycles. The Morgan fingerprint density at radius 2 is 1.52 bits per heavy atom. The average molecular weight is 639 g/mol. The van der Waals surface area contributed by atoms with E-state index < -0.39 is 22.5 Å². The predicted octanol–water partition coefficient (Wildman–Crippen LogP) is 5.74. The van der Waals surface area contributed by atoms with Gasteiger partial charge in [0.25, 0.3) is 15.9 Å². The highest BCUT2D eigenvalue weighted by molar-refractivity contribution is 7.92. The van der Waals surface area contributed by atoms with Crippen LogP contribution in [0.3, 0.4) is 0 Å². The summed E-state index contributed by atoms with van der Waals surface area (Å²) in [4.78, 5) is 13.1. The lowest BCUT2D eigenvalue weighted by molar-refractivity contribution is -0.119. The number of hydrogen-bond donors (Lipinski definition) is 1. The predicted molar refractivity (Wildman–Crippen MR) is 173 cm³/mol. The van der Waals surface area contributed by atoms with Crippen molar-refractivity contribution >= 4 is 39.4 Å². The quantitative estimate of drug-likeness (QED) is 0.166. The molecule has 0 spiro atoms. The number of amides is 1. The SMILES string of the molecule is COc1ccc(S(=O)(=O)N(CC(=O)N/N=C/c2cc(C)n(-c3cc(C)cc(C)c3)c2C)c2cc(Cl)ccc2OC)cc1OC. The number of ether oxygens (including phenoxy) is 3. The van der Waals surface area contributed by atoms with Gasteiger partial charge in [0.2, 0.25) is 0 Å². The van der Waals surface area contributed by atoms with Crippen LogP contribution in [0.5, 0.6) is 17.2 Å². The summed E-state index contributed by atoms with van der Waals surface area (Å²) in [5.74, 6) is 0.0744. The number of hydrogen-bond acceptors (Lipinski definition) is 7. The number of anilines is 1. The van der Waals surface area contributed by atoms with Crippen LogP contribution >= 0.6 is 11.6 Å². The number of benzene rings is 3. The van der Waals surface area contributed by atoms with Gasteiger partial charge in [-0.05, 0) is 87.4 Å². The van der Waals surface area contributed by atoms with Crippen LogP contribution in [0.2, 0.25) is 5.02 Å². The van der Waals surface area contributed by atoms with E-state index in [2.05, 4.69) is 47.1 Å². The summed E-state index contributed by atoms with van der Waals surface area (Å²) < 4.78 is 47.0. The first kappa shape index (κ1) is 32.4. The van der Waals surface area contributed by atoms with Crippen molar-refractivity contribution < 1.29 is 27.4 Å². The van der Waals surface area contributed by atoms with E-state index in [1.165, 1.54) is 57.9 Å². The summed E-state index contributed by atoms with van der Waals surface area (Å²) in [7, 11) is -0.0960. The first-order valence-electron chi connectivity index (χ1n) is 13.6. The van der Waals surface area contributed by atoms with Gasteiger partial charge in [-0.1, -0.05) is 17.7 Å². The van der Waals surface area contributed by atoms with Gasteiger partial charge in [-0.3, -0.25) is 9.10 Å². The standard InChI is InChI=1S/C32H35ClN4O6S/c1-20-12-21(2)14-26(13-20)37-22(3)15-24(23(37)4)18-34-35-32(38)19-36(28-16-25(33)8-10-29(28)41-5)44(39,40)27-9-11-30(42-6)31(17-27)43-7/h8-18H,19H2,1-7H3,(H,35,38)/b34-18+. The van der Waals surface area contributed by atoms with Crippen molar-refractivity contribution in [2.45, 2.75) is 32.6 Å². The second kappa shape index (κ2) is 13.4. The van der Waals surface area contributed by atoms with Gasteiger partial charge in [-0.25, -0.2) is 13.8 Å². The monoisotopic (exact) mass is 638 g/mol. The molecule has 0 radical (unpaired) electrons. The van der Waals surface area contributed by atoms with Crippen molar-refractivity contribution in [3.05, 3.63) is 93.8 Å². The maximum Gasteiger partial charge on any atom is 0.265 e. The van der Waals surface area contributed by atoms with Crippen LogP contribution in [-0.4, -0.2) is 53.0 Å². The molecule has 0 aliphatic heterocycles. The van der Waals surface area contributed by atoms with Gasteiger partial charge >= 0.3 is 0 Å². The van der Waals surface area contributed by atoms with E-state index in [9.17, 15) is 13.2 Å². The molecule has 3 aromatic carbocycles. The highest BCUT2D eigenvalue weighted by atomic mass is 35.5. The van der Waals surface area contributed by atoms with E-state index in [-0.39, 0.29) is 27.1 Å². The normalized spacial score (nSPS) is 11.5. The van der Waals surface area contributed by atoms with E-state index in [0.29, 0.717) is 5.75 Å². The third-order valence-corrected chi connectivity index (χ3v) is 8.96. The number of halogens is 1. The van der Waals surface area contributed by atoms with Crippen LogP contribution in [0.15, 0.2) is 70.7 Å². The Bertz CT molecular complexity index is 1810. The van der Waals surface area contributed by atoms with Crippen LogP contribution in [0.1, 0.15) is 28.1 Å². The number of aromatic nitrogens is 1.